The highest BCUT2D eigenvalue weighted by atomic mass is 16.5. The molecular formula is C22H28N6O. The minimum absolute atomic E-state index is 0.421. The lowest BCUT2D eigenvalue weighted by atomic mass is 10.1. The number of nitrogens with one attached hydrogen (secondary N) is 1. The Morgan fingerprint density at radius 2 is 1.90 bits per heavy atom. The average Bonchev–Trinajstić information content (AvgIpc) is 3.31. The SMILES string of the molecule is CCC(CC)n1cc(C)c2nc(C3=CC(N4CCOCC4)=NC3=C=N)c(C)nc21. The first kappa shape index (κ1) is 19.6. The Bertz CT molecular complexity index is 1050. The summed E-state index contributed by atoms with van der Waals surface area (Å²) >= 11 is 0. The first-order valence-corrected chi connectivity index (χ1v) is 10.4. The van der Waals surface area contributed by atoms with Crippen LogP contribution in [-0.2, 0) is 4.74 Å². The maximum Gasteiger partial charge on any atom is 0.159 e. The third-order valence-corrected chi connectivity index (χ3v) is 5.80. The molecule has 0 aliphatic carbocycles. The Labute approximate surface area is 171 Å². The summed E-state index contributed by atoms with van der Waals surface area (Å²) in [6, 6.07) is 0.421. The van der Waals surface area contributed by atoms with E-state index in [0.717, 1.165) is 65.5 Å². The van der Waals surface area contributed by atoms with Gasteiger partial charge in [0, 0.05) is 36.8 Å². The van der Waals surface area contributed by atoms with E-state index in [1.807, 2.05) is 13.0 Å². The molecule has 152 valence electrons. The van der Waals surface area contributed by atoms with Crippen LogP contribution in [0, 0.1) is 19.3 Å². The number of aromatic nitrogens is 3. The summed E-state index contributed by atoms with van der Waals surface area (Å²) in [4.78, 5) is 16.7. The van der Waals surface area contributed by atoms with Crippen molar-refractivity contribution in [2.24, 2.45) is 4.99 Å². The molecule has 2 aromatic rings. The van der Waals surface area contributed by atoms with Gasteiger partial charge in [-0.2, -0.15) is 0 Å². The van der Waals surface area contributed by atoms with Crippen LogP contribution in [0.25, 0.3) is 16.7 Å². The molecule has 4 rings (SSSR count). The number of rotatable bonds is 4. The second kappa shape index (κ2) is 7.93. The number of morpholine rings is 1. The molecule has 0 radical (unpaired) electrons. The van der Waals surface area contributed by atoms with E-state index in [1.54, 1.807) is 0 Å². The van der Waals surface area contributed by atoms with Gasteiger partial charge in [0.05, 0.1) is 24.6 Å². The highest BCUT2D eigenvalue weighted by Gasteiger charge is 2.25. The molecule has 2 aliphatic heterocycles. The molecular weight excluding hydrogens is 364 g/mol. The molecule has 1 N–H and O–H groups in total. The van der Waals surface area contributed by atoms with Crippen molar-refractivity contribution in [3.8, 4) is 0 Å². The molecule has 0 unspecified atom stereocenters. The van der Waals surface area contributed by atoms with Crippen LogP contribution in [0.2, 0.25) is 0 Å². The number of aryl methyl sites for hydroxylation is 2. The average molecular weight is 393 g/mol. The number of aliphatic imine (C=N–C) groups is 1. The monoisotopic (exact) mass is 392 g/mol. The lowest BCUT2D eigenvalue weighted by Gasteiger charge is -2.27. The molecule has 2 aliphatic rings. The topological polar surface area (TPSA) is 79.4 Å². The number of hydrogen-bond acceptors (Lipinski definition) is 6. The largest absolute Gasteiger partial charge is 0.378 e. The molecule has 7 heteroatoms. The molecule has 1 saturated heterocycles. The van der Waals surface area contributed by atoms with Gasteiger partial charge in [0.25, 0.3) is 0 Å². The van der Waals surface area contributed by atoms with Crippen molar-refractivity contribution in [1.29, 1.82) is 5.41 Å². The van der Waals surface area contributed by atoms with Gasteiger partial charge in [-0.05, 0) is 38.3 Å². The van der Waals surface area contributed by atoms with Gasteiger partial charge >= 0.3 is 0 Å². The van der Waals surface area contributed by atoms with Gasteiger partial charge < -0.3 is 14.2 Å². The van der Waals surface area contributed by atoms with Crippen molar-refractivity contribution < 1.29 is 4.74 Å². The van der Waals surface area contributed by atoms with Crippen LogP contribution >= 0.6 is 0 Å². The zero-order valence-electron chi connectivity index (χ0n) is 17.6. The van der Waals surface area contributed by atoms with E-state index in [4.69, 9.17) is 20.1 Å². The smallest absolute Gasteiger partial charge is 0.159 e. The van der Waals surface area contributed by atoms with Crippen LogP contribution in [0.5, 0.6) is 0 Å². The Balaban J connectivity index is 1.79. The van der Waals surface area contributed by atoms with Crippen LogP contribution in [0.3, 0.4) is 0 Å². The van der Waals surface area contributed by atoms with Gasteiger partial charge in [-0.25, -0.2) is 15.0 Å². The Morgan fingerprint density at radius 1 is 1.17 bits per heavy atom. The molecule has 0 bridgehead atoms. The first-order chi connectivity index (χ1) is 14.1. The minimum atomic E-state index is 0.421. The molecule has 1 fully saturated rings. The van der Waals surface area contributed by atoms with E-state index < -0.39 is 0 Å². The van der Waals surface area contributed by atoms with Crippen LogP contribution in [0.1, 0.15) is 49.7 Å². The van der Waals surface area contributed by atoms with Gasteiger partial charge in [-0.3, -0.25) is 5.41 Å². The highest BCUT2D eigenvalue weighted by Crippen LogP contribution is 2.32. The minimum Gasteiger partial charge on any atom is -0.378 e. The zero-order valence-corrected chi connectivity index (χ0v) is 17.6. The van der Waals surface area contributed by atoms with Crippen molar-refractivity contribution in [2.75, 3.05) is 26.3 Å². The number of fused-ring (bicyclic) bond motifs is 1. The molecule has 0 saturated carbocycles. The maximum atomic E-state index is 7.74. The van der Waals surface area contributed by atoms with E-state index in [0.29, 0.717) is 25.0 Å². The lowest BCUT2D eigenvalue weighted by molar-refractivity contribution is 0.0685. The fraction of sp³-hybridized carbons (Fsp3) is 0.500. The molecule has 0 amide bonds. The summed E-state index contributed by atoms with van der Waals surface area (Å²) in [6.07, 6.45) is 6.30. The second-order valence-corrected chi connectivity index (χ2v) is 7.62. The fourth-order valence-electron chi connectivity index (χ4n) is 4.13. The molecule has 7 nitrogen and oxygen atoms in total. The van der Waals surface area contributed by atoms with Crippen LogP contribution < -0.4 is 0 Å². The van der Waals surface area contributed by atoms with Crippen molar-refractivity contribution in [3.63, 3.8) is 0 Å². The van der Waals surface area contributed by atoms with E-state index in [9.17, 15) is 0 Å². The Kier molecular flexibility index (Phi) is 5.35. The van der Waals surface area contributed by atoms with E-state index >= 15 is 0 Å². The highest BCUT2D eigenvalue weighted by molar-refractivity contribution is 6.10. The molecule has 0 atom stereocenters. The van der Waals surface area contributed by atoms with Gasteiger partial charge in [-0.15, -0.1) is 0 Å². The number of amidine groups is 1. The Hall–Kier alpha value is -2.76. The van der Waals surface area contributed by atoms with Gasteiger partial charge in [0.1, 0.15) is 17.0 Å². The van der Waals surface area contributed by atoms with Crippen LogP contribution in [0.4, 0.5) is 0 Å². The van der Waals surface area contributed by atoms with Crippen LogP contribution in [0.15, 0.2) is 23.0 Å². The number of allylic oxidation sites excluding steroid dienone is 1. The molecule has 0 aromatic carbocycles. The molecule has 29 heavy (non-hydrogen) atoms. The molecule has 4 heterocycles. The number of hydrogen-bond donors (Lipinski definition) is 1. The standard InChI is InChI=1S/C22H28N6O/c1-5-16(6-2)28-13-14(3)20-22(28)24-15(4)21(26-20)17-11-19(25-18(17)12-23)27-7-9-29-10-8-27/h11,13,16,23H,5-10H2,1-4H3. The number of ether oxygens (including phenoxy) is 1. The van der Waals surface area contributed by atoms with Crippen molar-refractivity contribution >= 4 is 28.4 Å². The van der Waals surface area contributed by atoms with Gasteiger partial charge in [0.2, 0.25) is 0 Å². The van der Waals surface area contributed by atoms with E-state index in [-0.39, 0.29) is 0 Å². The summed E-state index contributed by atoms with van der Waals surface area (Å²) in [6.45, 7) is 11.5. The van der Waals surface area contributed by atoms with Gasteiger partial charge in [-0.1, -0.05) is 13.8 Å². The normalized spacial score (nSPS) is 17.1. The maximum absolute atomic E-state index is 7.74. The molecule has 0 spiro atoms. The second-order valence-electron chi connectivity index (χ2n) is 7.62. The summed E-state index contributed by atoms with van der Waals surface area (Å²) in [7, 11) is 0. The first-order valence-electron chi connectivity index (χ1n) is 10.4. The van der Waals surface area contributed by atoms with Crippen molar-refractivity contribution in [2.45, 2.75) is 46.6 Å². The van der Waals surface area contributed by atoms with Crippen LogP contribution in [-0.4, -0.2) is 57.4 Å². The van der Waals surface area contributed by atoms with E-state index in [2.05, 4.69) is 47.3 Å². The predicted octanol–water partition coefficient (Wildman–Crippen LogP) is 3.67. The zero-order chi connectivity index (χ0) is 20.5. The van der Waals surface area contributed by atoms with Crippen molar-refractivity contribution in [3.05, 3.63) is 34.9 Å². The lowest BCUT2D eigenvalue weighted by Crippen LogP contribution is -2.39. The van der Waals surface area contributed by atoms with Gasteiger partial charge in [0.15, 0.2) is 5.65 Å². The third kappa shape index (κ3) is 3.41. The predicted molar refractivity (Wildman–Crippen MR) is 116 cm³/mol. The Morgan fingerprint density at radius 3 is 2.55 bits per heavy atom. The number of nitrogens with zero attached hydrogens (tertiary/aromatic N) is 5. The van der Waals surface area contributed by atoms with E-state index in [1.165, 1.54) is 0 Å². The summed E-state index contributed by atoms with van der Waals surface area (Å²) in [5.74, 6) is 3.35. The van der Waals surface area contributed by atoms with Crippen molar-refractivity contribution in [1.82, 2.24) is 19.4 Å². The summed E-state index contributed by atoms with van der Waals surface area (Å²) < 4.78 is 7.71. The quantitative estimate of drug-likeness (QED) is 0.805. The molecule has 2 aromatic heterocycles. The summed E-state index contributed by atoms with van der Waals surface area (Å²) in [5.41, 5.74) is 5.94. The third-order valence-electron chi connectivity index (χ3n) is 5.80. The summed E-state index contributed by atoms with van der Waals surface area (Å²) in [5, 5.41) is 7.74. The fourth-order valence-corrected chi connectivity index (χ4v) is 4.13.